The first-order chi connectivity index (χ1) is 12.0. The Labute approximate surface area is 151 Å². The summed E-state index contributed by atoms with van der Waals surface area (Å²) in [5.41, 5.74) is 2.28. The molecule has 0 bridgehead atoms. The first-order valence-electron chi connectivity index (χ1n) is 7.74. The molecule has 25 heavy (non-hydrogen) atoms. The lowest BCUT2D eigenvalue weighted by Crippen LogP contribution is -2.30. The highest BCUT2D eigenvalue weighted by Gasteiger charge is 2.26. The molecule has 0 fully saturated rings. The summed E-state index contributed by atoms with van der Waals surface area (Å²) < 4.78 is 32.9. The first kappa shape index (κ1) is 17.5. The molecular formula is C17H19N3O3S2. The van der Waals surface area contributed by atoms with Gasteiger partial charge < -0.3 is 4.74 Å². The van der Waals surface area contributed by atoms with Gasteiger partial charge in [0, 0.05) is 12.2 Å². The molecule has 6 nitrogen and oxygen atoms in total. The number of benzene rings is 1. The minimum Gasteiger partial charge on any atom is -0.497 e. The molecule has 0 saturated carbocycles. The Balaban J connectivity index is 1.94. The SMILES string of the molecule is CCN(c1ccc(OC)cc1)S(=O)(=O)c1ccc(-c2cc(C)[nH]n2)s1. The number of hydrogen-bond donors (Lipinski definition) is 1. The lowest BCUT2D eigenvalue weighted by molar-refractivity contribution is 0.415. The molecule has 0 amide bonds. The molecule has 0 aliphatic carbocycles. The molecule has 0 aliphatic rings. The van der Waals surface area contributed by atoms with E-state index in [1.54, 1.807) is 43.5 Å². The van der Waals surface area contributed by atoms with Crippen LogP contribution >= 0.6 is 11.3 Å². The van der Waals surface area contributed by atoms with E-state index in [2.05, 4.69) is 10.2 Å². The molecule has 2 heterocycles. The number of rotatable bonds is 6. The zero-order valence-electron chi connectivity index (χ0n) is 14.2. The van der Waals surface area contributed by atoms with E-state index in [4.69, 9.17) is 4.74 Å². The van der Waals surface area contributed by atoms with Crippen molar-refractivity contribution in [2.45, 2.75) is 18.1 Å². The molecule has 2 aromatic heterocycles. The van der Waals surface area contributed by atoms with E-state index in [0.717, 1.165) is 16.3 Å². The Morgan fingerprint density at radius 3 is 2.48 bits per heavy atom. The molecule has 1 aromatic carbocycles. The topological polar surface area (TPSA) is 75.3 Å². The minimum absolute atomic E-state index is 0.292. The van der Waals surface area contributed by atoms with Gasteiger partial charge in [0.05, 0.1) is 17.7 Å². The van der Waals surface area contributed by atoms with Gasteiger partial charge in [0.2, 0.25) is 0 Å². The maximum Gasteiger partial charge on any atom is 0.273 e. The summed E-state index contributed by atoms with van der Waals surface area (Å²) in [5.74, 6) is 0.685. The summed E-state index contributed by atoms with van der Waals surface area (Å²) in [6.07, 6.45) is 0. The summed E-state index contributed by atoms with van der Waals surface area (Å²) in [5, 5.41) is 7.06. The predicted octanol–water partition coefficient (Wildman–Crippen LogP) is 3.67. The van der Waals surface area contributed by atoms with Gasteiger partial charge in [0.1, 0.15) is 15.7 Å². The number of sulfonamides is 1. The fourth-order valence-corrected chi connectivity index (χ4v) is 5.34. The van der Waals surface area contributed by atoms with Crippen LogP contribution < -0.4 is 9.04 Å². The number of methoxy groups -OCH3 is 1. The second-order valence-corrected chi connectivity index (χ2v) is 8.60. The van der Waals surface area contributed by atoms with Gasteiger partial charge in [0.25, 0.3) is 10.0 Å². The molecule has 1 N–H and O–H groups in total. The molecule has 132 valence electrons. The van der Waals surface area contributed by atoms with E-state index in [1.165, 1.54) is 15.6 Å². The number of aromatic amines is 1. The van der Waals surface area contributed by atoms with Gasteiger partial charge in [-0.25, -0.2) is 8.42 Å². The van der Waals surface area contributed by atoms with E-state index in [1.807, 2.05) is 19.9 Å². The van der Waals surface area contributed by atoms with Crippen molar-refractivity contribution in [2.24, 2.45) is 0 Å². The van der Waals surface area contributed by atoms with Gasteiger partial charge >= 0.3 is 0 Å². The number of hydrogen-bond acceptors (Lipinski definition) is 5. The van der Waals surface area contributed by atoms with Crippen molar-refractivity contribution in [1.82, 2.24) is 10.2 Å². The first-order valence-corrected chi connectivity index (χ1v) is 10.0. The second-order valence-electron chi connectivity index (χ2n) is 5.42. The van der Waals surface area contributed by atoms with Crippen molar-refractivity contribution in [3.8, 4) is 16.3 Å². The quantitative estimate of drug-likeness (QED) is 0.711. The molecule has 3 rings (SSSR count). The van der Waals surface area contributed by atoms with Crippen LogP contribution in [0.25, 0.3) is 10.6 Å². The third-order valence-corrected chi connectivity index (χ3v) is 7.21. The molecule has 0 saturated heterocycles. The number of H-pyrrole nitrogens is 1. The Morgan fingerprint density at radius 1 is 1.20 bits per heavy atom. The van der Waals surface area contributed by atoms with Crippen molar-refractivity contribution >= 4 is 27.0 Å². The molecule has 8 heteroatoms. The van der Waals surface area contributed by atoms with Crippen LogP contribution in [0.4, 0.5) is 5.69 Å². The zero-order chi connectivity index (χ0) is 18.0. The maximum absolute atomic E-state index is 13.0. The van der Waals surface area contributed by atoms with Crippen molar-refractivity contribution in [1.29, 1.82) is 0 Å². The zero-order valence-corrected chi connectivity index (χ0v) is 15.8. The van der Waals surface area contributed by atoms with Crippen LogP contribution in [0.3, 0.4) is 0 Å². The lowest BCUT2D eigenvalue weighted by Gasteiger charge is -2.22. The summed E-state index contributed by atoms with van der Waals surface area (Å²) in [4.78, 5) is 0.814. The maximum atomic E-state index is 13.0. The molecule has 0 atom stereocenters. The number of nitrogens with zero attached hydrogens (tertiary/aromatic N) is 2. The van der Waals surface area contributed by atoms with Crippen molar-refractivity contribution in [2.75, 3.05) is 18.0 Å². The molecule has 0 radical (unpaired) electrons. The van der Waals surface area contributed by atoms with Crippen LogP contribution in [0.2, 0.25) is 0 Å². The predicted molar refractivity (Wildman–Crippen MR) is 99.8 cm³/mol. The van der Waals surface area contributed by atoms with Gasteiger partial charge in [-0.3, -0.25) is 9.40 Å². The van der Waals surface area contributed by atoms with Gasteiger partial charge in [-0.05, 0) is 56.3 Å². The number of ether oxygens (including phenoxy) is 1. The van der Waals surface area contributed by atoms with Crippen LogP contribution in [0.1, 0.15) is 12.6 Å². The summed E-state index contributed by atoms with van der Waals surface area (Å²) >= 11 is 1.22. The molecule has 0 unspecified atom stereocenters. The molecular weight excluding hydrogens is 358 g/mol. The van der Waals surface area contributed by atoms with E-state index in [9.17, 15) is 8.42 Å². The number of aryl methyl sites for hydroxylation is 1. The third-order valence-electron chi connectivity index (χ3n) is 3.73. The second kappa shape index (κ2) is 6.89. The standard InChI is InChI=1S/C17H19N3O3S2/c1-4-20(13-5-7-14(23-3)8-6-13)25(21,22)17-10-9-16(24-17)15-11-12(2)18-19-15/h5-11H,4H2,1-3H3,(H,18,19). The monoisotopic (exact) mass is 377 g/mol. The van der Waals surface area contributed by atoms with Crippen molar-refractivity contribution < 1.29 is 13.2 Å². The fraction of sp³-hybridized carbons (Fsp3) is 0.235. The summed E-state index contributed by atoms with van der Waals surface area (Å²) in [6.45, 7) is 4.06. The van der Waals surface area contributed by atoms with Crippen LogP contribution in [-0.2, 0) is 10.0 Å². The number of anilines is 1. The van der Waals surface area contributed by atoms with Crippen molar-refractivity contribution in [3.63, 3.8) is 0 Å². The molecule has 0 aliphatic heterocycles. The average molecular weight is 377 g/mol. The van der Waals surface area contributed by atoms with Crippen LogP contribution in [-0.4, -0.2) is 32.3 Å². The Hall–Kier alpha value is -2.32. The Morgan fingerprint density at radius 2 is 1.92 bits per heavy atom. The summed E-state index contributed by atoms with van der Waals surface area (Å²) in [6, 6.07) is 12.3. The average Bonchev–Trinajstić information content (AvgIpc) is 3.25. The highest BCUT2D eigenvalue weighted by atomic mass is 32.2. The van der Waals surface area contributed by atoms with Crippen LogP contribution in [0, 0.1) is 6.92 Å². The fourth-order valence-electron chi connectivity index (χ4n) is 2.49. The normalized spacial score (nSPS) is 11.5. The largest absolute Gasteiger partial charge is 0.497 e. The minimum atomic E-state index is -3.63. The van der Waals surface area contributed by atoms with E-state index in [0.29, 0.717) is 22.2 Å². The van der Waals surface area contributed by atoms with Crippen LogP contribution in [0.5, 0.6) is 5.75 Å². The van der Waals surface area contributed by atoms with Crippen LogP contribution in [0.15, 0.2) is 46.7 Å². The van der Waals surface area contributed by atoms with Crippen molar-refractivity contribution in [3.05, 3.63) is 48.2 Å². The summed E-state index contributed by atoms with van der Waals surface area (Å²) in [7, 11) is -2.05. The van der Waals surface area contributed by atoms with E-state index < -0.39 is 10.0 Å². The number of thiophene rings is 1. The smallest absolute Gasteiger partial charge is 0.273 e. The lowest BCUT2D eigenvalue weighted by atomic mass is 10.3. The molecule has 3 aromatic rings. The highest BCUT2D eigenvalue weighted by Crippen LogP contribution is 2.33. The van der Waals surface area contributed by atoms with Gasteiger partial charge in [-0.2, -0.15) is 5.10 Å². The van der Waals surface area contributed by atoms with E-state index >= 15 is 0 Å². The molecule has 0 spiro atoms. The van der Waals surface area contributed by atoms with Gasteiger partial charge in [-0.1, -0.05) is 0 Å². The van der Waals surface area contributed by atoms with E-state index in [-0.39, 0.29) is 0 Å². The Bertz CT molecular complexity index is 959. The third kappa shape index (κ3) is 3.40. The Kier molecular flexibility index (Phi) is 4.82. The highest BCUT2D eigenvalue weighted by molar-refractivity contribution is 7.94. The van der Waals surface area contributed by atoms with Gasteiger partial charge in [0.15, 0.2) is 0 Å². The number of aromatic nitrogens is 2. The van der Waals surface area contributed by atoms with Gasteiger partial charge in [-0.15, -0.1) is 11.3 Å². The number of nitrogens with one attached hydrogen (secondary N) is 1.